The molecule has 25 heavy (non-hydrogen) atoms. The number of methoxy groups -OCH3 is 1. The minimum atomic E-state index is -0.793. The zero-order valence-electron chi connectivity index (χ0n) is 14.3. The number of nitrogens with zero attached hydrogens (tertiary/aromatic N) is 1. The topological polar surface area (TPSA) is 68.2 Å². The van der Waals surface area contributed by atoms with Gasteiger partial charge in [-0.25, -0.2) is 4.79 Å². The highest BCUT2D eigenvalue weighted by Gasteiger charge is 2.24. The van der Waals surface area contributed by atoms with Crippen molar-refractivity contribution < 1.29 is 24.4 Å². The average molecular weight is 343 g/mol. The second-order valence-electron chi connectivity index (χ2n) is 5.97. The molecule has 1 aliphatic rings. The van der Waals surface area contributed by atoms with Gasteiger partial charge in [-0.05, 0) is 36.8 Å². The van der Waals surface area contributed by atoms with E-state index in [1.54, 1.807) is 19.2 Å². The molecular formula is C19H21NO5. The predicted octanol–water partition coefficient (Wildman–Crippen LogP) is 3.28. The van der Waals surface area contributed by atoms with Crippen LogP contribution in [0.4, 0.5) is 0 Å². The SMILES string of the molecule is COc1ccc(CN2CCOc3cc(C(=O)OO)ccc3C2C)cc1. The van der Waals surface area contributed by atoms with Crippen molar-refractivity contribution >= 4 is 5.97 Å². The van der Waals surface area contributed by atoms with Crippen LogP contribution in [0.25, 0.3) is 0 Å². The molecule has 2 aromatic carbocycles. The van der Waals surface area contributed by atoms with E-state index in [-0.39, 0.29) is 11.6 Å². The lowest BCUT2D eigenvalue weighted by molar-refractivity contribution is -0.182. The van der Waals surface area contributed by atoms with Gasteiger partial charge in [-0.15, -0.1) is 0 Å². The molecule has 0 spiro atoms. The van der Waals surface area contributed by atoms with Gasteiger partial charge in [-0.2, -0.15) is 5.26 Å². The number of rotatable bonds is 4. The van der Waals surface area contributed by atoms with Crippen molar-refractivity contribution in [2.24, 2.45) is 0 Å². The van der Waals surface area contributed by atoms with Crippen molar-refractivity contribution in [2.75, 3.05) is 20.3 Å². The Labute approximate surface area is 146 Å². The summed E-state index contributed by atoms with van der Waals surface area (Å²) in [5.74, 6) is 0.690. The maximum Gasteiger partial charge on any atom is 0.372 e. The first-order chi connectivity index (χ1) is 12.1. The molecule has 6 nitrogen and oxygen atoms in total. The number of fused-ring (bicyclic) bond motifs is 1. The van der Waals surface area contributed by atoms with Crippen molar-refractivity contribution in [3.63, 3.8) is 0 Å². The Morgan fingerprint density at radius 3 is 2.72 bits per heavy atom. The molecule has 1 unspecified atom stereocenters. The second kappa shape index (κ2) is 7.55. The minimum absolute atomic E-state index is 0.124. The summed E-state index contributed by atoms with van der Waals surface area (Å²) >= 11 is 0. The molecule has 0 fully saturated rings. The molecule has 1 heterocycles. The summed E-state index contributed by atoms with van der Waals surface area (Å²) < 4.78 is 11.0. The lowest BCUT2D eigenvalue weighted by Gasteiger charge is -2.27. The average Bonchev–Trinajstić information content (AvgIpc) is 2.80. The van der Waals surface area contributed by atoms with E-state index in [1.165, 1.54) is 5.56 Å². The van der Waals surface area contributed by atoms with E-state index < -0.39 is 5.97 Å². The standard InChI is InChI=1S/C19H21NO5/c1-13-17-8-5-15(19(21)25-22)11-18(17)24-10-9-20(13)12-14-3-6-16(23-2)7-4-14/h3-8,11,13,22H,9-10,12H2,1-2H3. The molecule has 0 saturated heterocycles. The molecule has 6 heteroatoms. The van der Waals surface area contributed by atoms with Gasteiger partial charge in [0.15, 0.2) is 0 Å². The van der Waals surface area contributed by atoms with Crippen LogP contribution in [0.2, 0.25) is 0 Å². The number of hydrogen-bond donors (Lipinski definition) is 1. The molecule has 1 aliphatic heterocycles. The number of benzene rings is 2. The van der Waals surface area contributed by atoms with Gasteiger partial charge in [-0.1, -0.05) is 18.2 Å². The molecule has 0 saturated carbocycles. The van der Waals surface area contributed by atoms with Gasteiger partial charge in [0.25, 0.3) is 0 Å². The Kier molecular flexibility index (Phi) is 5.21. The third kappa shape index (κ3) is 3.75. The van der Waals surface area contributed by atoms with E-state index in [2.05, 4.69) is 28.8 Å². The fraction of sp³-hybridized carbons (Fsp3) is 0.316. The Balaban J connectivity index is 1.80. The maximum atomic E-state index is 11.5. The van der Waals surface area contributed by atoms with E-state index in [0.717, 1.165) is 24.4 Å². The van der Waals surface area contributed by atoms with Crippen LogP contribution in [0.1, 0.15) is 34.5 Å². The van der Waals surface area contributed by atoms with Crippen molar-refractivity contribution in [1.82, 2.24) is 4.90 Å². The number of carbonyl (C=O) groups excluding carboxylic acids is 1. The number of carbonyl (C=O) groups is 1. The first-order valence-corrected chi connectivity index (χ1v) is 8.12. The van der Waals surface area contributed by atoms with Crippen LogP contribution in [-0.4, -0.2) is 36.4 Å². The zero-order valence-corrected chi connectivity index (χ0v) is 14.3. The first-order valence-electron chi connectivity index (χ1n) is 8.12. The molecule has 0 bridgehead atoms. The number of ether oxygens (including phenoxy) is 2. The van der Waals surface area contributed by atoms with E-state index >= 15 is 0 Å². The molecule has 1 atom stereocenters. The second-order valence-corrected chi connectivity index (χ2v) is 5.97. The highest BCUT2D eigenvalue weighted by Crippen LogP contribution is 2.33. The molecular weight excluding hydrogens is 322 g/mol. The van der Waals surface area contributed by atoms with Crippen LogP contribution in [0.5, 0.6) is 11.5 Å². The van der Waals surface area contributed by atoms with Crippen LogP contribution < -0.4 is 9.47 Å². The third-order valence-corrected chi connectivity index (χ3v) is 4.51. The Morgan fingerprint density at radius 2 is 2.04 bits per heavy atom. The van der Waals surface area contributed by atoms with Crippen molar-refractivity contribution in [3.05, 3.63) is 59.2 Å². The van der Waals surface area contributed by atoms with Gasteiger partial charge in [0.1, 0.15) is 18.1 Å². The monoisotopic (exact) mass is 343 g/mol. The van der Waals surface area contributed by atoms with Crippen LogP contribution in [0.3, 0.4) is 0 Å². The fourth-order valence-electron chi connectivity index (χ4n) is 3.03. The summed E-state index contributed by atoms with van der Waals surface area (Å²) in [5.41, 5.74) is 2.45. The van der Waals surface area contributed by atoms with Crippen molar-refractivity contribution in [3.8, 4) is 11.5 Å². The lowest BCUT2D eigenvalue weighted by atomic mass is 10.0. The van der Waals surface area contributed by atoms with Gasteiger partial charge in [0.2, 0.25) is 0 Å². The number of hydrogen-bond acceptors (Lipinski definition) is 6. The fourth-order valence-corrected chi connectivity index (χ4v) is 3.03. The Bertz CT molecular complexity index is 744. The summed E-state index contributed by atoms with van der Waals surface area (Å²) in [7, 11) is 1.65. The summed E-state index contributed by atoms with van der Waals surface area (Å²) in [6, 6.07) is 13.2. The largest absolute Gasteiger partial charge is 0.497 e. The van der Waals surface area contributed by atoms with E-state index in [4.69, 9.17) is 14.7 Å². The van der Waals surface area contributed by atoms with Crippen LogP contribution in [0, 0.1) is 0 Å². The van der Waals surface area contributed by atoms with Crippen LogP contribution in [-0.2, 0) is 11.4 Å². The molecule has 0 radical (unpaired) electrons. The molecule has 0 aromatic heterocycles. The highest BCUT2D eigenvalue weighted by molar-refractivity contribution is 5.89. The Morgan fingerprint density at radius 1 is 1.28 bits per heavy atom. The van der Waals surface area contributed by atoms with Crippen LogP contribution in [0.15, 0.2) is 42.5 Å². The van der Waals surface area contributed by atoms with Crippen LogP contribution >= 0.6 is 0 Å². The first kappa shape index (κ1) is 17.3. The van der Waals surface area contributed by atoms with E-state index in [1.807, 2.05) is 18.2 Å². The molecule has 0 aliphatic carbocycles. The van der Waals surface area contributed by atoms with E-state index in [9.17, 15) is 4.79 Å². The summed E-state index contributed by atoms with van der Waals surface area (Å²) in [6.45, 7) is 4.18. The quantitative estimate of drug-likeness (QED) is 0.679. The lowest BCUT2D eigenvalue weighted by Crippen LogP contribution is -2.28. The van der Waals surface area contributed by atoms with Gasteiger partial charge < -0.3 is 9.47 Å². The predicted molar refractivity (Wildman–Crippen MR) is 91.8 cm³/mol. The maximum absolute atomic E-state index is 11.5. The van der Waals surface area contributed by atoms with Crippen molar-refractivity contribution in [1.29, 1.82) is 0 Å². The molecule has 3 rings (SSSR count). The smallest absolute Gasteiger partial charge is 0.372 e. The highest BCUT2D eigenvalue weighted by atomic mass is 17.1. The van der Waals surface area contributed by atoms with Gasteiger partial charge >= 0.3 is 5.97 Å². The Hall–Kier alpha value is -2.57. The normalized spacial score (nSPS) is 17.2. The summed E-state index contributed by atoms with van der Waals surface area (Å²) in [5, 5.41) is 8.54. The zero-order chi connectivity index (χ0) is 17.8. The van der Waals surface area contributed by atoms with Gasteiger partial charge in [-0.3, -0.25) is 9.79 Å². The summed E-state index contributed by atoms with van der Waals surface area (Å²) in [4.78, 5) is 17.6. The molecule has 132 valence electrons. The molecule has 2 aromatic rings. The van der Waals surface area contributed by atoms with Crippen molar-refractivity contribution in [2.45, 2.75) is 19.5 Å². The molecule has 0 amide bonds. The molecule has 1 N–H and O–H groups in total. The van der Waals surface area contributed by atoms with Gasteiger partial charge in [0.05, 0.1) is 12.7 Å². The minimum Gasteiger partial charge on any atom is -0.497 e. The van der Waals surface area contributed by atoms with Gasteiger partial charge in [0, 0.05) is 24.7 Å². The van der Waals surface area contributed by atoms with E-state index in [0.29, 0.717) is 12.4 Å². The summed E-state index contributed by atoms with van der Waals surface area (Å²) in [6.07, 6.45) is 0. The third-order valence-electron chi connectivity index (χ3n) is 4.51.